The SMILES string of the molecule is CCNC(=O)c1nc[nH]c1C(=O)Nc1ccc(NC(=O)c2ccccc2S(C)(=O)=O)cc1. The Balaban J connectivity index is 1.71. The van der Waals surface area contributed by atoms with Gasteiger partial charge in [-0.25, -0.2) is 13.4 Å². The number of imidazole rings is 1. The smallest absolute Gasteiger partial charge is 0.274 e. The van der Waals surface area contributed by atoms with E-state index in [0.29, 0.717) is 17.9 Å². The molecule has 0 spiro atoms. The highest BCUT2D eigenvalue weighted by Crippen LogP contribution is 2.19. The second-order valence-electron chi connectivity index (χ2n) is 6.74. The normalized spacial score (nSPS) is 10.9. The summed E-state index contributed by atoms with van der Waals surface area (Å²) >= 11 is 0. The maximum atomic E-state index is 12.6. The molecule has 0 fully saturated rings. The van der Waals surface area contributed by atoms with Crippen LogP contribution >= 0.6 is 0 Å². The lowest BCUT2D eigenvalue weighted by Crippen LogP contribution is -2.26. The van der Waals surface area contributed by atoms with E-state index in [0.717, 1.165) is 6.26 Å². The van der Waals surface area contributed by atoms with Crippen LogP contribution in [0.1, 0.15) is 38.3 Å². The molecule has 0 aliphatic heterocycles. The Morgan fingerprint density at radius 2 is 1.50 bits per heavy atom. The van der Waals surface area contributed by atoms with E-state index in [1.807, 2.05) is 0 Å². The summed E-state index contributed by atoms with van der Waals surface area (Å²) in [5.41, 5.74) is 0.856. The minimum atomic E-state index is -3.57. The molecule has 0 saturated carbocycles. The average Bonchev–Trinajstić information content (AvgIpc) is 3.25. The summed E-state index contributed by atoms with van der Waals surface area (Å²) in [5, 5.41) is 7.85. The zero-order chi connectivity index (χ0) is 23.3. The number of H-pyrrole nitrogens is 1. The highest BCUT2D eigenvalue weighted by atomic mass is 32.2. The van der Waals surface area contributed by atoms with Gasteiger partial charge in [-0.3, -0.25) is 14.4 Å². The summed E-state index contributed by atoms with van der Waals surface area (Å²) in [6.45, 7) is 2.15. The van der Waals surface area contributed by atoms with Crippen LogP contribution in [0.25, 0.3) is 0 Å². The van der Waals surface area contributed by atoms with Gasteiger partial charge >= 0.3 is 0 Å². The summed E-state index contributed by atoms with van der Waals surface area (Å²) in [7, 11) is -3.57. The van der Waals surface area contributed by atoms with Gasteiger partial charge in [-0.2, -0.15) is 0 Å². The van der Waals surface area contributed by atoms with Crippen molar-refractivity contribution < 1.29 is 22.8 Å². The van der Waals surface area contributed by atoms with Crippen LogP contribution in [0.4, 0.5) is 11.4 Å². The fourth-order valence-electron chi connectivity index (χ4n) is 2.89. The molecule has 0 aliphatic carbocycles. The molecule has 0 bridgehead atoms. The molecule has 4 N–H and O–H groups in total. The predicted octanol–water partition coefficient (Wildman–Crippen LogP) is 2.07. The number of benzene rings is 2. The topological polar surface area (TPSA) is 150 Å². The molecule has 0 atom stereocenters. The molecule has 3 rings (SSSR count). The van der Waals surface area contributed by atoms with E-state index in [-0.39, 0.29) is 21.8 Å². The summed E-state index contributed by atoms with van der Waals surface area (Å²) in [5.74, 6) is -1.60. The van der Waals surface area contributed by atoms with Gasteiger partial charge in [0.15, 0.2) is 15.5 Å². The van der Waals surface area contributed by atoms with Crippen LogP contribution in [0.3, 0.4) is 0 Å². The number of anilines is 2. The van der Waals surface area contributed by atoms with E-state index in [1.165, 1.54) is 18.5 Å². The number of nitrogens with zero attached hydrogens (tertiary/aromatic N) is 1. The fraction of sp³-hybridized carbons (Fsp3) is 0.143. The number of carbonyl (C=O) groups excluding carboxylic acids is 3. The zero-order valence-electron chi connectivity index (χ0n) is 17.3. The maximum absolute atomic E-state index is 12.6. The lowest BCUT2D eigenvalue weighted by molar-refractivity contribution is 0.0937. The van der Waals surface area contributed by atoms with Crippen molar-refractivity contribution in [1.82, 2.24) is 15.3 Å². The molecule has 1 aromatic heterocycles. The van der Waals surface area contributed by atoms with E-state index in [1.54, 1.807) is 43.3 Å². The Labute approximate surface area is 184 Å². The van der Waals surface area contributed by atoms with Gasteiger partial charge in [0.2, 0.25) is 0 Å². The number of aromatic nitrogens is 2. The standard InChI is InChI=1S/C21H21N5O5S/c1-3-22-20(28)17-18(24-12-23-17)21(29)26-14-10-8-13(9-11-14)25-19(27)15-6-4-5-7-16(15)32(2,30)31/h4-12H,3H2,1-2H3,(H,22,28)(H,23,24)(H,25,27)(H,26,29). The van der Waals surface area contributed by atoms with Gasteiger partial charge in [0.05, 0.1) is 16.8 Å². The Bertz CT molecular complexity index is 1270. The molecule has 32 heavy (non-hydrogen) atoms. The van der Waals surface area contributed by atoms with E-state index < -0.39 is 27.6 Å². The van der Waals surface area contributed by atoms with Crippen molar-refractivity contribution in [3.63, 3.8) is 0 Å². The molecule has 3 amide bonds. The van der Waals surface area contributed by atoms with Crippen molar-refractivity contribution in [3.05, 3.63) is 71.8 Å². The molecule has 0 saturated heterocycles. The zero-order valence-corrected chi connectivity index (χ0v) is 18.1. The first-order valence-corrected chi connectivity index (χ1v) is 11.4. The lowest BCUT2D eigenvalue weighted by Gasteiger charge is -2.10. The monoisotopic (exact) mass is 455 g/mol. The fourth-order valence-corrected chi connectivity index (χ4v) is 3.78. The third-order valence-electron chi connectivity index (χ3n) is 4.35. The molecule has 1 heterocycles. The summed E-state index contributed by atoms with van der Waals surface area (Å²) in [6.07, 6.45) is 2.29. The predicted molar refractivity (Wildman–Crippen MR) is 118 cm³/mol. The van der Waals surface area contributed by atoms with Crippen molar-refractivity contribution in [3.8, 4) is 0 Å². The van der Waals surface area contributed by atoms with Gasteiger partial charge in [-0.15, -0.1) is 0 Å². The number of nitrogens with one attached hydrogen (secondary N) is 4. The summed E-state index contributed by atoms with van der Waals surface area (Å²) in [6, 6.07) is 12.1. The third kappa shape index (κ3) is 5.19. The number of hydrogen-bond donors (Lipinski definition) is 4. The number of sulfone groups is 1. The van der Waals surface area contributed by atoms with E-state index in [4.69, 9.17) is 0 Å². The first-order chi connectivity index (χ1) is 15.2. The van der Waals surface area contributed by atoms with Crippen molar-refractivity contribution in [1.29, 1.82) is 0 Å². The first-order valence-electron chi connectivity index (χ1n) is 9.54. The number of amides is 3. The summed E-state index contributed by atoms with van der Waals surface area (Å²) in [4.78, 5) is 43.5. The van der Waals surface area contributed by atoms with E-state index >= 15 is 0 Å². The molecule has 11 heteroatoms. The number of carbonyl (C=O) groups is 3. The van der Waals surface area contributed by atoms with Crippen LogP contribution in [0.2, 0.25) is 0 Å². The number of aromatic amines is 1. The lowest BCUT2D eigenvalue weighted by atomic mass is 10.2. The van der Waals surface area contributed by atoms with Gasteiger partial charge < -0.3 is 20.9 Å². The Morgan fingerprint density at radius 1 is 0.906 bits per heavy atom. The Hall–Kier alpha value is -3.99. The largest absolute Gasteiger partial charge is 0.351 e. The number of rotatable bonds is 7. The number of hydrogen-bond acceptors (Lipinski definition) is 6. The Morgan fingerprint density at radius 3 is 2.09 bits per heavy atom. The highest BCUT2D eigenvalue weighted by Gasteiger charge is 2.20. The Kier molecular flexibility index (Phi) is 6.69. The average molecular weight is 455 g/mol. The molecule has 2 aromatic carbocycles. The maximum Gasteiger partial charge on any atom is 0.274 e. The van der Waals surface area contributed by atoms with Crippen LogP contribution < -0.4 is 16.0 Å². The molecular formula is C21H21N5O5S. The second kappa shape index (κ2) is 9.43. The highest BCUT2D eigenvalue weighted by molar-refractivity contribution is 7.90. The van der Waals surface area contributed by atoms with Crippen molar-refractivity contribution >= 4 is 38.9 Å². The molecule has 0 aliphatic rings. The molecule has 10 nitrogen and oxygen atoms in total. The minimum absolute atomic E-state index is 0.0159. The van der Waals surface area contributed by atoms with Crippen LogP contribution in [0.5, 0.6) is 0 Å². The van der Waals surface area contributed by atoms with Gasteiger partial charge in [0, 0.05) is 24.2 Å². The van der Waals surface area contributed by atoms with Gasteiger partial charge in [0.1, 0.15) is 5.69 Å². The van der Waals surface area contributed by atoms with Gasteiger partial charge in [-0.1, -0.05) is 12.1 Å². The van der Waals surface area contributed by atoms with Crippen LogP contribution in [0.15, 0.2) is 59.8 Å². The van der Waals surface area contributed by atoms with Crippen LogP contribution in [0, 0.1) is 0 Å². The van der Waals surface area contributed by atoms with Crippen LogP contribution in [-0.4, -0.2) is 48.9 Å². The van der Waals surface area contributed by atoms with Crippen molar-refractivity contribution in [2.75, 3.05) is 23.4 Å². The summed E-state index contributed by atoms with van der Waals surface area (Å²) < 4.78 is 23.8. The van der Waals surface area contributed by atoms with Gasteiger partial charge in [0.25, 0.3) is 17.7 Å². The molecule has 0 unspecified atom stereocenters. The second-order valence-corrected chi connectivity index (χ2v) is 8.72. The molecular weight excluding hydrogens is 434 g/mol. The molecule has 0 radical (unpaired) electrons. The van der Waals surface area contributed by atoms with E-state index in [9.17, 15) is 22.8 Å². The van der Waals surface area contributed by atoms with Crippen molar-refractivity contribution in [2.45, 2.75) is 11.8 Å². The van der Waals surface area contributed by atoms with E-state index in [2.05, 4.69) is 25.9 Å². The van der Waals surface area contributed by atoms with Crippen LogP contribution in [-0.2, 0) is 9.84 Å². The molecule has 3 aromatic rings. The van der Waals surface area contributed by atoms with Crippen molar-refractivity contribution in [2.24, 2.45) is 0 Å². The van der Waals surface area contributed by atoms with Gasteiger partial charge in [-0.05, 0) is 43.3 Å². The first kappa shape index (κ1) is 22.7. The quantitative estimate of drug-likeness (QED) is 0.428. The third-order valence-corrected chi connectivity index (χ3v) is 5.51. The molecule has 166 valence electrons. The minimum Gasteiger partial charge on any atom is -0.351 e.